The highest BCUT2D eigenvalue weighted by Gasteiger charge is 2.23. The lowest BCUT2D eigenvalue weighted by atomic mass is 10.3. The molecule has 0 aromatic heterocycles. The molecule has 2 amide bonds. The van der Waals surface area contributed by atoms with E-state index in [1.165, 1.54) is 6.08 Å². The Labute approximate surface area is 272 Å². The minimum Gasteiger partial charge on any atom is -0.444 e. The Hall–Kier alpha value is -2.12. The Morgan fingerprint density at radius 2 is 0.894 bits per heavy atom. The van der Waals surface area contributed by atoms with Crippen LogP contribution in [-0.2, 0) is 42.8 Å². The lowest BCUT2D eigenvalue weighted by Gasteiger charge is -2.27. The summed E-state index contributed by atoms with van der Waals surface area (Å²) in [4.78, 5) is 29.0. The van der Waals surface area contributed by atoms with E-state index in [1.54, 1.807) is 0 Å². The van der Waals surface area contributed by atoms with E-state index >= 15 is 0 Å². The zero-order chi connectivity index (χ0) is 35.3. The predicted octanol–water partition coefficient (Wildman–Crippen LogP) is -5.44. The molecule has 0 radical (unpaired) electrons. The lowest BCUT2D eigenvalue weighted by molar-refractivity contribution is -0.139. The van der Waals surface area contributed by atoms with Gasteiger partial charge >= 0.3 is 6.09 Å². The highest BCUT2D eigenvalue weighted by molar-refractivity contribution is 5.77. The molecule has 0 fully saturated rings. The van der Waals surface area contributed by atoms with Gasteiger partial charge in [0, 0.05) is 0 Å². The molecule has 0 rings (SSSR count). The van der Waals surface area contributed by atoms with Crippen molar-refractivity contribution in [3.8, 4) is 0 Å². The van der Waals surface area contributed by atoms with E-state index < -0.39 is 114 Å². The molecule has 0 aromatic rings. The highest BCUT2D eigenvalue weighted by atomic mass is 16.7. The molecule has 0 heterocycles. The summed E-state index contributed by atoms with van der Waals surface area (Å²) >= 11 is 0. The van der Waals surface area contributed by atoms with Crippen molar-refractivity contribution in [2.75, 3.05) is 106 Å². The molecule has 0 spiro atoms. The van der Waals surface area contributed by atoms with Crippen molar-refractivity contribution < 1.29 is 88.4 Å². The van der Waals surface area contributed by atoms with E-state index in [4.69, 9.17) is 33.3 Å². The zero-order valence-corrected chi connectivity index (χ0v) is 26.3. The Morgan fingerprint density at radius 3 is 1.21 bits per heavy atom. The number of carbonyl (C=O) groups excluding carboxylic acids is 2. The first-order valence-corrected chi connectivity index (χ1v) is 14.7. The minimum atomic E-state index is -0.965. The molecule has 10 N–H and O–H groups in total. The number of hydrogen-bond acceptors (Lipinski definition) is 18. The summed E-state index contributed by atoms with van der Waals surface area (Å²) in [6, 6.07) is -0.945. The van der Waals surface area contributed by atoms with Gasteiger partial charge in [0.1, 0.15) is 43.2 Å². The summed E-state index contributed by atoms with van der Waals surface area (Å²) in [5.74, 6) is -0.734. The van der Waals surface area contributed by atoms with Crippen molar-refractivity contribution in [2.24, 2.45) is 0 Å². The van der Waals surface area contributed by atoms with Crippen LogP contribution in [0.15, 0.2) is 12.7 Å². The van der Waals surface area contributed by atoms with Gasteiger partial charge in [-0.2, -0.15) is 5.48 Å². The van der Waals surface area contributed by atoms with E-state index in [-0.39, 0.29) is 46.2 Å². The van der Waals surface area contributed by atoms with Crippen LogP contribution in [0.3, 0.4) is 0 Å². The number of nitrogens with one attached hydrogen (secondary N) is 2. The average molecular weight is 693 g/mol. The third-order valence-electron chi connectivity index (χ3n) is 5.82. The molecular formula is C27H52N2O18. The molecule has 0 atom stereocenters. The summed E-state index contributed by atoms with van der Waals surface area (Å²) < 4.78 is 38.1. The van der Waals surface area contributed by atoms with Gasteiger partial charge in [-0.1, -0.05) is 12.7 Å². The monoisotopic (exact) mass is 692 g/mol. The fraction of sp³-hybridized carbons (Fsp3) is 0.852. The molecule has 20 heteroatoms. The SMILES string of the molecule is C=CCOC(=O)NOCC(=O)NC(COC(COC(CO)CO)COC(CO)CO)COC(COC(CO)CO)COC(CO)CO. The van der Waals surface area contributed by atoms with Crippen LogP contribution in [0, 0.1) is 0 Å². The second kappa shape index (κ2) is 30.0. The van der Waals surface area contributed by atoms with Crippen LogP contribution < -0.4 is 10.8 Å². The van der Waals surface area contributed by atoms with E-state index in [0.717, 1.165) is 0 Å². The third kappa shape index (κ3) is 23.0. The highest BCUT2D eigenvalue weighted by Crippen LogP contribution is 2.06. The van der Waals surface area contributed by atoms with E-state index in [9.17, 15) is 50.4 Å². The predicted molar refractivity (Wildman–Crippen MR) is 158 cm³/mol. The first-order chi connectivity index (χ1) is 22.7. The molecule has 20 nitrogen and oxygen atoms in total. The van der Waals surface area contributed by atoms with Crippen LogP contribution in [-0.4, -0.2) is 201 Å². The smallest absolute Gasteiger partial charge is 0.431 e. The number of aliphatic hydroxyl groups excluding tert-OH is 8. The first-order valence-electron chi connectivity index (χ1n) is 14.7. The van der Waals surface area contributed by atoms with Gasteiger partial charge in [0.2, 0.25) is 5.91 Å². The average Bonchev–Trinajstić information content (AvgIpc) is 3.08. The summed E-state index contributed by atoms with van der Waals surface area (Å²) in [6.07, 6.45) is -5.17. The van der Waals surface area contributed by atoms with E-state index in [0.29, 0.717) is 0 Å². The normalized spacial score (nSPS) is 12.0. The Balaban J connectivity index is 5.68. The quantitative estimate of drug-likeness (QED) is 0.0232. The maximum atomic E-state index is 12.6. The summed E-state index contributed by atoms with van der Waals surface area (Å²) in [7, 11) is 0. The van der Waals surface area contributed by atoms with Gasteiger partial charge in [0.05, 0.1) is 98.5 Å². The Bertz CT molecular complexity index is 696. The van der Waals surface area contributed by atoms with Crippen molar-refractivity contribution in [2.45, 2.75) is 42.7 Å². The maximum Gasteiger partial charge on any atom is 0.431 e. The van der Waals surface area contributed by atoms with E-state index in [1.807, 2.05) is 5.48 Å². The molecule has 0 aliphatic carbocycles. The second-order valence-corrected chi connectivity index (χ2v) is 9.73. The van der Waals surface area contributed by atoms with Gasteiger partial charge in [-0.05, 0) is 0 Å². The van der Waals surface area contributed by atoms with Crippen molar-refractivity contribution in [3.05, 3.63) is 12.7 Å². The standard InChI is InChI=1S/C27H52N2O18/c1-2-3-40-27(39)29-47-18-26(38)28-19(12-41-24(14-43-20(4-30)5-31)15-44-21(6-32)7-33)13-42-25(16-45-22(8-34)9-35)17-46-23(10-36)11-37/h2,19-25,30-37H,1,3-18H2,(H,28,38)(H,29,39). The fourth-order valence-electron chi connectivity index (χ4n) is 3.14. The number of carbonyl (C=O) groups is 2. The van der Waals surface area contributed by atoms with Crippen LogP contribution in [0.5, 0.6) is 0 Å². The van der Waals surface area contributed by atoms with Gasteiger partial charge in [-0.25, -0.2) is 4.79 Å². The number of rotatable bonds is 32. The maximum absolute atomic E-state index is 12.6. The molecule has 0 unspecified atom stereocenters. The molecule has 47 heavy (non-hydrogen) atoms. The van der Waals surface area contributed by atoms with Gasteiger partial charge in [-0.15, -0.1) is 0 Å². The first kappa shape index (κ1) is 44.9. The van der Waals surface area contributed by atoms with Crippen molar-refractivity contribution in [1.82, 2.24) is 10.8 Å². The second-order valence-electron chi connectivity index (χ2n) is 9.73. The molecule has 278 valence electrons. The van der Waals surface area contributed by atoms with Gasteiger partial charge < -0.3 is 79.3 Å². The summed E-state index contributed by atoms with van der Waals surface area (Å²) in [6.45, 7) is -2.69. The summed E-state index contributed by atoms with van der Waals surface area (Å²) in [5, 5.41) is 77.2. The number of ether oxygens (including phenoxy) is 7. The molecule has 0 aliphatic rings. The van der Waals surface area contributed by atoms with Crippen molar-refractivity contribution in [3.63, 3.8) is 0 Å². The number of hydrogen-bond donors (Lipinski definition) is 10. The Kier molecular flexibility index (Phi) is 28.6. The van der Waals surface area contributed by atoms with Crippen LogP contribution in [0.2, 0.25) is 0 Å². The van der Waals surface area contributed by atoms with Crippen LogP contribution in [0.1, 0.15) is 0 Å². The van der Waals surface area contributed by atoms with Gasteiger partial charge in [0.25, 0.3) is 0 Å². The van der Waals surface area contributed by atoms with Crippen LogP contribution >= 0.6 is 0 Å². The molecule has 0 bridgehead atoms. The van der Waals surface area contributed by atoms with Gasteiger partial charge in [0.15, 0.2) is 6.61 Å². The number of aliphatic hydroxyl groups is 8. The zero-order valence-electron chi connectivity index (χ0n) is 26.3. The van der Waals surface area contributed by atoms with Crippen molar-refractivity contribution in [1.29, 1.82) is 0 Å². The Morgan fingerprint density at radius 1 is 0.553 bits per heavy atom. The topological polar surface area (TPSA) is 294 Å². The van der Waals surface area contributed by atoms with Crippen LogP contribution in [0.4, 0.5) is 4.79 Å². The van der Waals surface area contributed by atoms with Gasteiger partial charge in [-0.3, -0.25) is 9.63 Å². The fourth-order valence-corrected chi connectivity index (χ4v) is 3.14. The van der Waals surface area contributed by atoms with Crippen LogP contribution in [0.25, 0.3) is 0 Å². The van der Waals surface area contributed by atoms with E-state index in [2.05, 4.69) is 16.6 Å². The molecule has 0 aliphatic heterocycles. The summed E-state index contributed by atoms with van der Waals surface area (Å²) in [5.41, 5.74) is 1.91. The largest absolute Gasteiger partial charge is 0.444 e. The molecule has 0 saturated heterocycles. The minimum absolute atomic E-state index is 0.0925. The number of hydroxylamine groups is 1. The third-order valence-corrected chi connectivity index (χ3v) is 5.82. The molecular weight excluding hydrogens is 640 g/mol. The number of amides is 2. The molecule has 0 aromatic carbocycles. The lowest BCUT2D eigenvalue weighted by Crippen LogP contribution is -2.47. The molecule has 0 saturated carbocycles. The van der Waals surface area contributed by atoms with Crippen molar-refractivity contribution >= 4 is 12.0 Å².